The summed E-state index contributed by atoms with van der Waals surface area (Å²) in [7, 11) is 5.33. The second-order valence-electron chi connectivity index (χ2n) is 13.4. The van der Waals surface area contributed by atoms with Crippen molar-refractivity contribution in [3.63, 3.8) is 0 Å². The van der Waals surface area contributed by atoms with E-state index in [1.807, 2.05) is 6.07 Å². The van der Waals surface area contributed by atoms with Gasteiger partial charge in [0.15, 0.2) is 0 Å². The summed E-state index contributed by atoms with van der Waals surface area (Å²) < 4.78 is 47.9. The lowest BCUT2D eigenvalue weighted by atomic mass is 9.85. The number of carbonyl (C=O) groups excluding carboxylic acids is 2. The van der Waals surface area contributed by atoms with Crippen molar-refractivity contribution in [1.82, 2.24) is 25.1 Å². The molecular weight excluding hydrogens is 597 g/mol. The Morgan fingerprint density at radius 3 is 2.63 bits per heavy atom. The van der Waals surface area contributed by atoms with Crippen LogP contribution in [-0.4, -0.2) is 71.9 Å². The van der Waals surface area contributed by atoms with Gasteiger partial charge in [-0.05, 0) is 86.9 Å². The maximum absolute atomic E-state index is 14.1. The quantitative estimate of drug-likeness (QED) is 0.353. The number of nitrogens with zero attached hydrogens (tertiary/aromatic N) is 4. The van der Waals surface area contributed by atoms with E-state index >= 15 is 0 Å². The van der Waals surface area contributed by atoms with Gasteiger partial charge in [0.1, 0.15) is 5.75 Å². The number of likely N-dealkylation sites (tertiary alicyclic amines) is 1. The zero-order valence-corrected chi connectivity index (χ0v) is 26.1. The topological polar surface area (TPSA) is 99.7 Å². The van der Waals surface area contributed by atoms with Gasteiger partial charge in [-0.2, -0.15) is 13.2 Å². The molecule has 2 amide bonds. The van der Waals surface area contributed by atoms with E-state index in [9.17, 15) is 22.8 Å². The highest BCUT2D eigenvalue weighted by molar-refractivity contribution is 6.02. The number of aromatic nitrogens is 2. The molecule has 1 aromatic heterocycles. The SMILES string of the molecule is COc1cc(C(=O)NC2CCC3(CCN(C)C3)C2)ccc1Nc1ncc(C(F)(F)F)c(Cc2cccc3c2C(=O)N(C)C32CC2)n1. The standard InChI is InChI=1S/C34H37F3N6O3/c1-42-14-13-32(19-42)10-9-22(17-32)39-29(44)21-7-8-25(27(16-21)46-3)40-31-38-18-24(34(35,36)37)26(41-31)15-20-5-4-6-23-28(20)30(45)43(2)33(23)11-12-33/h4-8,16,18,22H,9-15,17,19H2,1-3H3,(H,39,44)(H,38,40,41). The predicted octanol–water partition coefficient (Wildman–Crippen LogP) is 5.52. The van der Waals surface area contributed by atoms with Gasteiger partial charge in [0.2, 0.25) is 5.95 Å². The lowest BCUT2D eigenvalue weighted by Crippen LogP contribution is -2.34. The number of fused-ring (bicyclic) bond motifs is 2. The minimum absolute atomic E-state index is 0.0639. The lowest BCUT2D eigenvalue weighted by molar-refractivity contribution is -0.138. The van der Waals surface area contributed by atoms with Crippen LogP contribution in [0.2, 0.25) is 0 Å². The van der Waals surface area contributed by atoms with E-state index in [0.29, 0.717) is 28.1 Å². The van der Waals surface area contributed by atoms with Gasteiger partial charge in [0.25, 0.3) is 11.8 Å². The first kappa shape index (κ1) is 30.5. The zero-order chi connectivity index (χ0) is 32.4. The number of amides is 2. The van der Waals surface area contributed by atoms with Crippen LogP contribution in [-0.2, 0) is 18.1 Å². The van der Waals surface area contributed by atoms with E-state index < -0.39 is 11.7 Å². The molecular formula is C34H37F3N6O3. The minimum Gasteiger partial charge on any atom is -0.495 e. The van der Waals surface area contributed by atoms with Crippen LogP contribution in [0, 0.1) is 5.41 Å². The third-order valence-corrected chi connectivity index (χ3v) is 10.4. The van der Waals surface area contributed by atoms with Crippen LogP contribution in [0.3, 0.4) is 0 Å². The van der Waals surface area contributed by atoms with Gasteiger partial charge in [-0.15, -0.1) is 0 Å². The number of halogens is 3. The Bertz CT molecular complexity index is 1720. The summed E-state index contributed by atoms with van der Waals surface area (Å²) in [5.41, 5.74) is 1.36. The molecule has 2 aliphatic heterocycles. The van der Waals surface area contributed by atoms with E-state index in [4.69, 9.17) is 4.74 Å². The van der Waals surface area contributed by atoms with E-state index in [-0.39, 0.29) is 46.9 Å². The number of nitrogens with one attached hydrogen (secondary N) is 2. The molecule has 2 saturated carbocycles. The van der Waals surface area contributed by atoms with Gasteiger partial charge in [-0.1, -0.05) is 18.2 Å². The molecule has 4 aliphatic rings. The first-order chi connectivity index (χ1) is 21.9. The van der Waals surface area contributed by atoms with Crippen LogP contribution >= 0.6 is 0 Å². The molecule has 3 fully saturated rings. The molecule has 3 heterocycles. The van der Waals surface area contributed by atoms with Gasteiger partial charge in [-0.3, -0.25) is 9.59 Å². The van der Waals surface area contributed by atoms with Crippen molar-refractivity contribution in [2.24, 2.45) is 5.41 Å². The molecule has 12 heteroatoms. The van der Waals surface area contributed by atoms with Crippen molar-refractivity contribution in [3.8, 4) is 5.75 Å². The Labute approximate surface area is 265 Å². The highest BCUT2D eigenvalue weighted by Gasteiger charge is 2.56. The average molecular weight is 635 g/mol. The third-order valence-electron chi connectivity index (χ3n) is 10.4. The van der Waals surface area contributed by atoms with Gasteiger partial charge in [-0.25, -0.2) is 9.97 Å². The first-order valence-electron chi connectivity index (χ1n) is 15.7. The Kier molecular flexibility index (Phi) is 7.26. The molecule has 2 N–H and O–H groups in total. The fraction of sp³-hybridized carbons (Fsp3) is 0.471. The molecule has 2 atom stereocenters. The summed E-state index contributed by atoms with van der Waals surface area (Å²) in [4.78, 5) is 38.6. The third kappa shape index (κ3) is 5.26. The number of carbonyl (C=O) groups is 2. The molecule has 0 radical (unpaired) electrons. The number of alkyl halides is 3. The lowest BCUT2D eigenvalue weighted by Gasteiger charge is -2.23. The fourth-order valence-electron chi connectivity index (χ4n) is 7.87. The molecule has 1 saturated heterocycles. The van der Waals surface area contributed by atoms with Crippen LogP contribution in [0.1, 0.15) is 81.6 Å². The second kappa shape index (κ2) is 11.0. The molecule has 2 aromatic carbocycles. The maximum Gasteiger partial charge on any atom is 0.419 e. The molecule has 9 nitrogen and oxygen atoms in total. The first-order valence-corrected chi connectivity index (χ1v) is 15.7. The molecule has 7 rings (SSSR count). The van der Waals surface area contributed by atoms with Crippen LogP contribution in [0.4, 0.5) is 24.8 Å². The molecule has 2 aliphatic carbocycles. The number of ether oxygens (including phenoxy) is 1. The Morgan fingerprint density at radius 1 is 1.13 bits per heavy atom. The highest BCUT2D eigenvalue weighted by atomic mass is 19.4. The average Bonchev–Trinajstić information content (AvgIpc) is 3.56. The molecule has 0 bridgehead atoms. The van der Waals surface area contributed by atoms with Crippen molar-refractivity contribution in [1.29, 1.82) is 0 Å². The van der Waals surface area contributed by atoms with Gasteiger partial charge in [0, 0.05) is 43.4 Å². The second-order valence-corrected chi connectivity index (χ2v) is 13.4. The number of methoxy groups -OCH3 is 1. The fourth-order valence-corrected chi connectivity index (χ4v) is 7.87. The number of hydrogen-bond acceptors (Lipinski definition) is 7. The van der Waals surface area contributed by atoms with E-state index in [2.05, 4.69) is 32.5 Å². The van der Waals surface area contributed by atoms with E-state index in [1.165, 1.54) is 7.11 Å². The predicted molar refractivity (Wildman–Crippen MR) is 165 cm³/mol. The van der Waals surface area contributed by atoms with Crippen molar-refractivity contribution in [3.05, 3.63) is 76.1 Å². The van der Waals surface area contributed by atoms with Gasteiger partial charge >= 0.3 is 6.18 Å². The van der Waals surface area contributed by atoms with Crippen LogP contribution < -0.4 is 15.4 Å². The smallest absolute Gasteiger partial charge is 0.419 e. The van der Waals surface area contributed by atoms with Gasteiger partial charge in [0.05, 0.1) is 29.6 Å². The monoisotopic (exact) mass is 634 g/mol. The van der Waals surface area contributed by atoms with Crippen molar-refractivity contribution >= 4 is 23.5 Å². The van der Waals surface area contributed by atoms with Crippen molar-refractivity contribution < 1.29 is 27.5 Å². The molecule has 46 heavy (non-hydrogen) atoms. The number of benzene rings is 2. The summed E-state index contributed by atoms with van der Waals surface area (Å²) in [6, 6.07) is 10.3. The van der Waals surface area contributed by atoms with Crippen LogP contribution in [0.25, 0.3) is 0 Å². The van der Waals surface area contributed by atoms with Crippen LogP contribution in [0.15, 0.2) is 42.6 Å². The minimum atomic E-state index is -4.69. The Balaban J connectivity index is 1.11. The Hall–Kier alpha value is -4.19. The van der Waals surface area contributed by atoms with E-state index in [0.717, 1.165) is 63.4 Å². The van der Waals surface area contributed by atoms with Crippen molar-refractivity contribution in [2.75, 3.05) is 39.6 Å². The number of rotatable bonds is 7. The summed E-state index contributed by atoms with van der Waals surface area (Å²) in [5.74, 6) is -0.125. The highest BCUT2D eigenvalue weighted by Crippen LogP contribution is 2.56. The Morgan fingerprint density at radius 2 is 1.93 bits per heavy atom. The van der Waals surface area contributed by atoms with E-state index in [1.54, 1.807) is 42.3 Å². The number of anilines is 2. The largest absolute Gasteiger partial charge is 0.495 e. The van der Waals surface area contributed by atoms with Gasteiger partial charge < -0.3 is 25.2 Å². The molecule has 242 valence electrons. The molecule has 3 aromatic rings. The summed E-state index contributed by atoms with van der Waals surface area (Å²) in [6.07, 6.45) is 1.71. The normalized spacial score (nSPS) is 23.3. The summed E-state index contributed by atoms with van der Waals surface area (Å²) in [5, 5.41) is 6.14. The summed E-state index contributed by atoms with van der Waals surface area (Å²) in [6.45, 7) is 2.15. The zero-order valence-electron chi connectivity index (χ0n) is 26.1. The molecule has 2 spiro atoms. The molecule has 2 unspecified atom stereocenters. The maximum atomic E-state index is 14.1. The van der Waals surface area contributed by atoms with Crippen LogP contribution in [0.5, 0.6) is 5.75 Å². The number of hydrogen-bond donors (Lipinski definition) is 2. The van der Waals surface area contributed by atoms with Crippen molar-refractivity contribution in [2.45, 2.75) is 62.7 Å². The summed E-state index contributed by atoms with van der Waals surface area (Å²) >= 11 is 0.